The molecule has 3 rings (SSSR count). The van der Waals surface area contributed by atoms with E-state index < -0.39 is 38.4 Å². The Morgan fingerprint density at radius 2 is 1.78 bits per heavy atom. The van der Waals surface area contributed by atoms with Crippen molar-refractivity contribution in [2.24, 2.45) is 5.73 Å². The van der Waals surface area contributed by atoms with Crippen molar-refractivity contribution in [2.75, 3.05) is 22.3 Å². The van der Waals surface area contributed by atoms with Crippen LogP contribution < -0.4 is 14.9 Å². The monoisotopic (exact) mass is 555 g/mol. The van der Waals surface area contributed by atoms with Crippen molar-refractivity contribution in [1.29, 1.82) is 0 Å². The third kappa shape index (κ3) is 5.73. The Kier molecular flexibility index (Phi) is 8.46. The summed E-state index contributed by atoms with van der Waals surface area (Å²) in [6, 6.07) is 9.30. The summed E-state index contributed by atoms with van der Waals surface area (Å²) in [6.45, 7) is 1.14. The topological polar surface area (TPSA) is 140 Å². The molecule has 0 saturated heterocycles. The molecule has 0 fully saturated rings. The van der Waals surface area contributed by atoms with Gasteiger partial charge in [0.1, 0.15) is 23.9 Å². The Morgan fingerprint density at radius 1 is 1.14 bits per heavy atom. The van der Waals surface area contributed by atoms with E-state index in [1.807, 2.05) is 0 Å². The van der Waals surface area contributed by atoms with Crippen LogP contribution in [-0.4, -0.2) is 43.4 Å². The van der Waals surface area contributed by atoms with Crippen molar-refractivity contribution in [1.82, 2.24) is 4.98 Å². The van der Waals surface area contributed by atoms with Crippen molar-refractivity contribution in [2.45, 2.75) is 17.9 Å². The van der Waals surface area contributed by atoms with Crippen LogP contribution in [0.2, 0.25) is 10.0 Å². The second-order valence-corrected chi connectivity index (χ2v) is 10.1. The van der Waals surface area contributed by atoms with Crippen LogP contribution in [0.5, 0.6) is 0 Å². The number of amides is 1. The molecule has 1 amide bonds. The van der Waals surface area contributed by atoms with Crippen LogP contribution in [0.15, 0.2) is 65.7 Å². The normalized spacial score (nSPS) is 12.1. The molecule has 190 valence electrons. The van der Waals surface area contributed by atoms with Crippen molar-refractivity contribution >= 4 is 56.3 Å². The van der Waals surface area contributed by atoms with E-state index in [0.29, 0.717) is 4.31 Å². The van der Waals surface area contributed by atoms with Gasteiger partial charge in [0.05, 0.1) is 15.5 Å². The van der Waals surface area contributed by atoms with Gasteiger partial charge in [0.25, 0.3) is 21.6 Å². The van der Waals surface area contributed by atoms with E-state index in [0.717, 1.165) is 29.3 Å². The highest BCUT2D eigenvalue weighted by atomic mass is 35.5. The van der Waals surface area contributed by atoms with Crippen LogP contribution in [0.4, 0.5) is 21.6 Å². The molecule has 1 aromatic heterocycles. The highest BCUT2D eigenvalue weighted by Gasteiger charge is 2.37. The van der Waals surface area contributed by atoms with Crippen molar-refractivity contribution in [3.05, 3.63) is 86.8 Å². The lowest BCUT2D eigenvalue weighted by atomic mass is 10.2. The van der Waals surface area contributed by atoms with E-state index in [1.54, 1.807) is 0 Å². The molecule has 14 heteroatoms. The molecule has 0 aliphatic carbocycles. The quantitative estimate of drug-likeness (QED) is 0.310. The summed E-state index contributed by atoms with van der Waals surface area (Å²) >= 11 is 11.9. The molecule has 0 saturated carbocycles. The number of carbonyl (C=O) groups excluding carboxylic acids is 1. The Hall–Kier alpha value is -3.32. The first-order valence-corrected chi connectivity index (χ1v) is 12.5. The number of nitrogens with zero attached hydrogens (tertiary/aromatic N) is 4. The zero-order valence-corrected chi connectivity index (χ0v) is 21.0. The van der Waals surface area contributed by atoms with Gasteiger partial charge in [-0.1, -0.05) is 23.2 Å². The fourth-order valence-electron chi connectivity index (χ4n) is 3.36. The lowest BCUT2D eigenvalue weighted by molar-refractivity contribution is -0.385. The Labute approximate surface area is 216 Å². The van der Waals surface area contributed by atoms with E-state index in [1.165, 1.54) is 43.3 Å². The molecule has 3 aromatic rings. The van der Waals surface area contributed by atoms with Crippen LogP contribution in [0.1, 0.15) is 6.92 Å². The minimum atomic E-state index is -4.52. The van der Waals surface area contributed by atoms with E-state index in [-0.39, 0.29) is 39.5 Å². The highest BCUT2D eigenvalue weighted by Crippen LogP contribution is 2.32. The number of hydrogen-bond acceptors (Lipinski definition) is 7. The third-order valence-corrected chi connectivity index (χ3v) is 7.45. The Morgan fingerprint density at radius 3 is 2.33 bits per heavy atom. The summed E-state index contributed by atoms with van der Waals surface area (Å²) in [5.74, 6) is -1.74. The van der Waals surface area contributed by atoms with Gasteiger partial charge in [0.15, 0.2) is 0 Å². The van der Waals surface area contributed by atoms with Gasteiger partial charge in [-0.15, -0.1) is 0 Å². The molecule has 1 atom stereocenters. The van der Waals surface area contributed by atoms with Gasteiger partial charge < -0.3 is 5.73 Å². The number of halogens is 3. The Bertz CT molecular complexity index is 1370. The first-order chi connectivity index (χ1) is 17.0. The first kappa shape index (κ1) is 27.3. The minimum Gasteiger partial charge on any atom is -0.329 e. The maximum Gasteiger partial charge on any atom is 0.287 e. The van der Waals surface area contributed by atoms with Gasteiger partial charge in [0.2, 0.25) is 0 Å². The average molecular weight is 556 g/mol. The highest BCUT2D eigenvalue weighted by molar-refractivity contribution is 7.93. The number of anilines is 2. The standard InChI is InChI=1S/C22H20Cl2FN5O5S/c1-14(22(31)28(11-10-26)21-9-5-17(13-27-21)30(32)33)29(20-12-16(24)4-8-19(20)25)36(34,35)18-6-2-15(23)3-7-18/h2-9,12-14H,10-11,26H2,1H3/t14-/m1/s1. The van der Waals surface area contributed by atoms with Gasteiger partial charge >= 0.3 is 0 Å². The number of hydrogen-bond donors (Lipinski definition) is 1. The zero-order chi connectivity index (χ0) is 26.6. The smallest absolute Gasteiger partial charge is 0.287 e. The maximum absolute atomic E-state index is 14.9. The molecule has 2 aromatic carbocycles. The van der Waals surface area contributed by atoms with Crippen molar-refractivity contribution < 1.29 is 22.5 Å². The number of nitrogens with two attached hydrogens (primary N) is 1. The lowest BCUT2D eigenvalue weighted by Crippen LogP contribution is -2.51. The fourth-order valence-corrected chi connectivity index (χ4v) is 5.26. The number of pyridine rings is 1. The number of carbonyl (C=O) groups is 1. The molecular weight excluding hydrogens is 536 g/mol. The number of aromatic nitrogens is 1. The molecule has 0 aliphatic heterocycles. The number of benzene rings is 2. The zero-order valence-electron chi connectivity index (χ0n) is 18.7. The summed E-state index contributed by atoms with van der Waals surface area (Å²) in [7, 11) is -4.52. The number of nitro groups is 1. The average Bonchev–Trinajstić information content (AvgIpc) is 2.84. The van der Waals surface area contributed by atoms with Gasteiger partial charge in [-0.25, -0.2) is 17.8 Å². The van der Waals surface area contributed by atoms with Crippen molar-refractivity contribution in [3.63, 3.8) is 0 Å². The van der Waals surface area contributed by atoms with Crippen LogP contribution >= 0.6 is 23.2 Å². The second kappa shape index (κ2) is 11.2. The van der Waals surface area contributed by atoms with Crippen LogP contribution in [-0.2, 0) is 14.8 Å². The van der Waals surface area contributed by atoms with E-state index in [4.69, 9.17) is 28.9 Å². The van der Waals surface area contributed by atoms with Crippen LogP contribution in [0.25, 0.3) is 0 Å². The summed E-state index contributed by atoms with van der Waals surface area (Å²) in [5.41, 5.74) is 4.89. The molecule has 0 spiro atoms. The minimum absolute atomic E-state index is 0.00157. The number of rotatable bonds is 9. The molecule has 1 heterocycles. The summed E-state index contributed by atoms with van der Waals surface area (Å²) in [6.07, 6.45) is 0.954. The Balaban J connectivity index is 2.13. The summed E-state index contributed by atoms with van der Waals surface area (Å²) < 4.78 is 42.9. The predicted molar refractivity (Wildman–Crippen MR) is 134 cm³/mol. The molecule has 0 radical (unpaired) electrons. The van der Waals surface area contributed by atoms with Crippen LogP contribution in [0.3, 0.4) is 0 Å². The summed E-state index contributed by atoms with van der Waals surface area (Å²) in [4.78, 5) is 28.7. The first-order valence-electron chi connectivity index (χ1n) is 10.3. The van der Waals surface area contributed by atoms with Crippen LogP contribution in [0, 0.1) is 15.9 Å². The maximum atomic E-state index is 14.9. The molecule has 0 bridgehead atoms. The number of sulfonamides is 1. The molecule has 36 heavy (non-hydrogen) atoms. The molecular formula is C22H20Cl2FN5O5S. The van der Waals surface area contributed by atoms with E-state index >= 15 is 0 Å². The SMILES string of the molecule is C[C@H](C(=O)N(CCN)c1ccc([N+](=O)[O-])cn1)N(c1cc(Cl)ccc1F)S(=O)(=O)c1ccc(Cl)cc1. The largest absolute Gasteiger partial charge is 0.329 e. The van der Waals surface area contributed by atoms with Gasteiger partial charge in [-0.3, -0.25) is 24.1 Å². The lowest BCUT2D eigenvalue weighted by Gasteiger charge is -2.33. The summed E-state index contributed by atoms with van der Waals surface area (Å²) in [5, 5.41) is 11.3. The second-order valence-electron chi connectivity index (χ2n) is 7.44. The van der Waals surface area contributed by atoms with Gasteiger partial charge in [-0.05, 0) is 55.5 Å². The van der Waals surface area contributed by atoms with Gasteiger partial charge in [-0.2, -0.15) is 0 Å². The predicted octanol–water partition coefficient (Wildman–Crippen LogP) is 4.01. The molecule has 0 unspecified atom stereocenters. The van der Waals surface area contributed by atoms with Gasteiger partial charge in [0, 0.05) is 29.2 Å². The molecule has 0 aliphatic rings. The van der Waals surface area contributed by atoms with Crippen molar-refractivity contribution in [3.8, 4) is 0 Å². The van der Waals surface area contributed by atoms with E-state index in [9.17, 15) is 27.7 Å². The molecule has 10 nitrogen and oxygen atoms in total. The van der Waals surface area contributed by atoms with E-state index in [2.05, 4.69) is 4.98 Å². The molecule has 2 N–H and O–H groups in total. The fraction of sp³-hybridized carbons (Fsp3) is 0.182. The third-order valence-electron chi connectivity index (χ3n) is 5.06.